The van der Waals surface area contributed by atoms with Gasteiger partial charge in [-0.3, -0.25) is 9.98 Å². The summed E-state index contributed by atoms with van der Waals surface area (Å²) in [5.74, 6) is 0. The number of rotatable bonds is 2. The summed E-state index contributed by atoms with van der Waals surface area (Å²) in [6, 6.07) is 0. The Labute approximate surface area is 129 Å². The minimum atomic E-state index is -1.70. The summed E-state index contributed by atoms with van der Waals surface area (Å²) in [5, 5.41) is 37.8. The van der Waals surface area contributed by atoms with E-state index in [9.17, 15) is 15.3 Å². The van der Waals surface area contributed by atoms with Crippen LogP contribution >= 0.6 is 11.6 Å². The van der Waals surface area contributed by atoms with E-state index in [0.29, 0.717) is 0 Å². The molecule has 9 nitrogen and oxygen atoms in total. The fourth-order valence-corrected chi connectivity index (χ4v) is 2.87. The van der Waals surface area contributed by atoms with Crippen molar-refractivity contribution in [2.45, 2.75) is 31.0 Å². The Hall–Kier alpha value is -1.52. The molecule has 4 atom stereocenters. The minimum absolute atomic E-state index is 0.0294. The maximum atomic E-state index is 10.5. The zero-order chi connectivity index (χ0) is 16.2. The maximum Gasteiger partial charge on any atom is 0.207 e. The van der Waals surface area contributed by atoms with E-state index in [1.165, 1.54) is 22.4 Å². The lowest BCUT2D eigenvalue weighted by molar-refractivity contribution is -0.0949. The molecular weight excluding hydrogens is 314 g/mol. The quantitative estimate of drug-likeness (QED) is 0.518. The predicted molar refractivity (Wildman–Crippen MR) is 75.0 cm³/mol. The summed E-state index contributed by atoms with van der Waals surface area (Å²) in [6.45, 7) is 0.925. The average molecular weight is 330 g/mol. The molecule has 3 heterocycles. The van der Waals surface area contributed by atoms with Gasteiger partial charge in [-0.05, 0) is 18.5 Å². The van der Waals surface area contributed by atoms with Crippen LogP contribution in [0.2, 0.25) is 5.28 Å². The number of aliphatic hydroxyl groups is 3. The summed E-state index contributed by atoms with van der Waals surface area (Å²) < 4.78 is 8.30. The van der Waals surface area contributed by atoms with Crippen molar-refractivity contribution in [1.29, 1.82) is 5.41 Å². The van der Waals surface area contributed by atoms with Gasteiger partial charge in [-0.2, -0.15) is 0 Å². The van der Waals surface area contributed by atoms with Gasteiger partial charge in [-0.15, -0.1) is 0 Å². The van der Waals surface area contributed by atoms with Crippen LogP contribution in [0.15, 0.2) is 6.33 Å². The predicted octanol–water partition coefficient (Wildman–Crippen LogP) is -1.10. The fraction of sp³-hybridized carbons (Fsp3) is 0.583. The van der Waals surface area contributed by atoms with Crippen LogP contribution in [0.25, 0.3) is 11.2 Å². The van der Waals surface area contributed by atoms with Gasteiger partial charge in [-0.1, -0.05) is 0 Å². The number of nitrogens with one attached hydrogen (secondary N) is 1. The average Bonchev–Trinajstić information content (AvgIpc) is 2.90. The number of aromatic nitrogens is 4. The Morgan fingerprint density at radius 3 is 2.82 bits per heavy atom. The van der Waals surface area contributed by atoms with Crippen LogP contribution in [0.4, 0.5) is 0 Å². The molecule has 1 saturated heterocycles. The number of aliphatic hydroxyl groups excluding tert-OH is 2. The highest BCUT2D eigenvalue weighted by molar-refractivity contribution is 6.29. The summed E-state index contributed by atoms with van der Waals surface area (Å²) in [4.78, 5) is 8.25. The zero-order valence-electron chi connectivity index (χ0n) is 11.9. The van der Waals surface area contributed by atoms with E-state index in [4.69, 9.17) is 21.7 Å². The van der Waals surface area contributed by atoms with Crippen LogP contribution in [-0.4, -0.2) is 58.8 Å². The number of ether oxygens (including phenoxy) is 1. The van der Waals surface area contributed by atoms with Gasteiger partial charge < -0.3 is 24.6 Å². The summed E-state index contributed by atoms with van der Waals surface area (Å²) in [5.41, 5.74) is -1.10. The first-order valence-corrected chi connectivity index (χ1v) is 6.97. The molecule has 1 aliphatic rings. The molecule has 4 N–H and O–H groups in total. The lowest BCUT2D eigenvalue weighted by atomic mass is 9.96. The third kappa shape index (κ3) is 1.97. The largest absolute Gasteiger partial charge is 0.394 e. The van der Waals surface area contributed by atoms with E-state index in [-0.39, 0.29) is 21.9 Å². The van der Waals surface area contributed by atoms with Crippen LogP contribution in [0.1, 0.15) is 13.2 Å². The van der Waals surface area contributed by atoms with E-state index in [1.54, 1.807) is 7.05 Å². The normalized spacial score (nSPS) is 32.0. The molecule has 2 aromatic rings. The molecule has 0 unspecified atom stereocenters. The highest BCUT2D eigenvalue weighted by Gasteiger charge is 2.53. The van der Waals surface area contributed by atoms with Gasteiger partial charge in [0.05, 0.1) is 12.9 Å². The van der Waals surface area contributed by atoms with Crippen molar-refractivity contribution in [3.63, 3.8) is 0 Å². The highest BCUT2D eigenvalue weighted by atomic mass is 35.5. The molecule has 0 aliphatic carbocycles. The topological polar surface area (TPSA) is 129 Å². The van der Waals surface area contributed by atoms with Gasteiger partial charge in [0.15, 0.2) is 22.9 Å². The van der Waals surface area contributed by atoms with E-state index < -0.39 is 30.6 Å². The van der Waals surface area contributed by atoms with Crippen molar-refractivity contribution < 1.29 is 20.1 Å². The second-order valence-corrected chi connectivity index (χ2v) is 5.85. The molecule has 2 aromatic heterocycles. The smallest absolute Gasteiger partial charge is 0.207 e. The van der Waals surface area contributed by atoms with E-state index >= 15 is 0 Å². The summed E-state index contributed by atoms with van der Waals surface area (Å²) >= 11 is 6.12. The molecular formula is C12H16ClN5O4. The second-order valence-electron chi connectivity index (χ2n) is 5.51. The minimum Gasteiger partial charge on any atom is -0.394 e. The molecule has 0 amide bonds. The third-order valence-corrected chi connectivity index (χ3v) is 4.21. The first kappa shape index (κ1) is 15.4. The molecule has 0 bridgehead atoms. The standard InChI is InChI=1S/C12H16ClN5O4/c1-12(21)7(20)5(3-19)22-10(12)18-9-6(16-11(18)13)8(14)17(2)4-15-9/h4-5,7,10,14,19-21H,3H2,1-2H3/t5-,7-,10-,12-/m1/s1. The molecule has 120 valence electrons. The SMILES string of the molecule is Cn1cnc2c(nc(Cl)n2[C@@H]2O[C@H](CO)[C@@H](O)[C@@]2(C)O)c1=N. The van der Waals surface area contributed by atoms with E-state index in [1.807, 2.05) is 0 Å². The molecule has 0 radical (unpaired) electrons. The van der Waals surface area contributed by atoms with Crippen LogP contribution < -0.4 is 5.49 Å². The molecule has 10 heteroatoms. The number of hydrogen-bond acceptors (Lipinski definition) is 7. The van der Waals surface area contributed by atoms with Gasteiger partial charge in [0.25, 0.3) is 0 Å². The van der Waals surface area contributed by atoms with Gasteiger partial charge in [0.1, 0.15) is 17.8 Å². The Balaban J connectivity index is 2.21. The summed E-state index contributed by atoms with van der Waals surface area (Å²) in [7, 11) is 1.65. The first-order chi connectivity index (χ1) is 10.3. The van der Waals surface area contributed by atoms with Crippen molar-refractivity contribution in [3.8, 4) is 0 Å². The van der Waals surface area contributed by atoms with Gasteiger partial charge in [0, 0.05) is 7.05 Å². The Morgan fingerprint density at radius 1 is 1.55 bits per heavy atom. The van der Waals surface area contributed by atoms with Crippen molar-refractivity contribution in [1.82, 2.24) is 19.1 Å². The molecule has 0 spiro atoms. The number of fused-ring (bicyclic) bond motifs is 1. The molecule has 22 heavy (non-hydrogen) atoms. The Morgan fingerprint density at radius 2 is 2.23 bits per heavy atom. The van der Waals surface area contributed by atoms with Gasteiger partial charge in [-0.25, -0.2) is 9.97 Å². The second kappa shape index (κ2) is 5.00. The fourth-order valence-electron chi connectivity index (χ4n) is 2.62. The summed E-state index contributed by atoms with van der Waals surface area (Å²) in [6.07, 6.45) is -1.92. The van der Waals surface area contributed by atoms with E-state index in [2.05, 4.69) is 9.97 Å². The number of imidazole rings is 1. The zero-order valence-corrected chi connectivity index (χ0v) is 12.7. The van der Waals surface area contributed by atoms with Crippen LogP contribution in [0, 0.1) is 5.41 Å². The van der Waals surface area contributed by atoms with Crippen molar-refractivity contribution in [3.05, 3.63) is 17.1 Å². The lowest BCUT2D eigenvalue weighted by Gasteiger charge is -2.27. The molecule has 1 aliphatic heterocycles. The third-order valence-electron chi connectivity index (χ3n) is 3.94. The molecule has 0 saturated carbocycles. The number of halogens is 1. The molecule has 0 aromatic carbocycles. The Bertz CT molecular complexity index is 786. The highest BCUT2D eigenvalue weighted by Crippen LogP contribution is 2.40. The van der Waals surface area contributed by atoms with Crippen LogP contribution in [0.5, 0.6) is 0 Å². The Kier molecular flexibility index (Phi) is 3.49. The van der Waals surface area contributed by atoms with Crippen molar-refractivity contribution in [2.24, 2.45) is 7.05 Å². The van der Waals surface area contributed by atoms with Gasteiger partial charge >= 0.3 is 0 Å². The number of hydrogen-bond donors (Lipinski definition) is 4. The lowest BCUT2D eigenvalue weighted by Crippen LogP contribution is -2.44. The number of nitrogens with zero attached hydrogens (tertiary/aromatic N) is 4. The van der Waals surface area contributed by atoms with Crippen molar-refractivity contribution >= 4 is 22.8 Å². The number of aryl methyl sites for hydroxylation is 1. The van der Waals surface area contributed by atoms with Crippen LogP contribution in [0.3, 0.4) is 0 Å². The first-order valence-electron chi connectivity index (χ1n) is 6.59. The van der Waals surface area contributed by atoms with Gasteiger partial charge in [0.2, 0.25) is 5.28 Å². The molecule has 1 fully saturated rings. The van der Waals surface area contributed by atoms with Crippen LogP contribution in [-0.2, 0) is 11.8 Å². The molecule has 3 rings (SSSR count). The maximum absolute atomic E-state index is 10.5. The monoisotopic (exact) mass is 329 g/mol. The van der Waals surface area contributed by atoms with E-state index in [0.717, 1.165) is 0 Å². The van der Waals surface area contributed by atoms with Crippen molar-refractivity contribution in [2.75, 3.05) is 6.61 Å².